The molecule has 3 atom stereocenters. The van der Waals surface area contributed by atoms with Gasteiger partial charge in [0.05, 0.1) is 12.3 Å². The van der Waals surface area contributed by atoms with Gasteiger partial charge in [-0.1, -0.05) is 0 Å². The average Bonchev–Trinajstić information content (AvgIpc) is 2.50. The number of hydrogen-bond acceptors (Lipinski definition) is 3. The van der Waals surface area contributed by atoms with E-state index in [4.69, 9.17) is 10.5 Å². The largest absolute Gasteiger partial charge is 0.360 e. The Morgan fingerprint density at radius 3 is 2.31 bits per heavy atom. The molecule has 1 saturated heterocycles. The van der Waals surface area contributed by atoms with Crippen molar-refractivity contribution in [3.05, 3.63) is 0 Å². The van der Waals surface area contributed by atoms with Gasteiger partial charge < -0.3 is 10.5 Å². The monoisotopic (exact) mass is 184 g/mol. The molecule has 76 valence electrons. The Hall–Kier alpha value is -0.120. The second-order valence-corrected chi connectivity index (χ2v) is 5.33. The fourth-order valence-electron chi connectivity index (χ4n) is 2.05. The van der Waals surface area contributed by atoms with Crippen molar-refractivity contribution in [1.29, 1.82) is 0 Å². The van der Waals surface area contributed by atoms with Crippen molar-refractivity contribution < 1.29 is 4.74 Å². The van der Waals surface area contributed by atoms with Gasteiger partial charge in [-0.2, -0.15) is 0 Å². The van der Waals surface area contributed by atoms with Crippen molar-refractivity contribution in [3.8, 4) is 0 Å². The van der Waals surface area contributed by atoms with Crippen LogP contribution in [-0.4, -0.2) is 36.4 Å². The van der Waals surface area contributed by atoms with Crippen LogP contribution in [0.2, 0.25) is 0 Å². The third-order valence-electron chi connectivity index (χ3n) is 3.02. The molecule has 2 rings (SSSR count). The highest BCUT2D eigenvalue weighted by molar-refractivity contribution is 5.08. The first-order chi connectivity index (χ1) is 5.97. The Morgan fingerprint density at radius 1 is 1.31 bits per heavy atom. The van der Waals surface area contributed by atoms with Gasteiger partial charge in [0.2, 0.25) is 0 Å². The first-order valence-corrected chi connectivity index (χ1v) is 5.09. The molecule has 3 nitrogen and oxygen atoms in total. The molecule has 0 spiro atoms. The highest BCUT2D eigenvalue weighted by atomic mass is 16.5. The molecule has 1 aliphatic heterocycles. The van der Waals surface area contributed by atoms with Crippen LogP contribution >= 0.6 is 0 Å². The lowest BCUT2D eigenvalue weighted by Crippen LogP contribution is -2.34. The van der Waals surface area contributed by atoms with E-state index in [9.17, 15) is 0 Å². The lowest BCUT2D eigenvalue weighted by atomic mass is 10.2. The minimum absolute atomic E-state index is 0.0190. The second kappa shape index (κ2) is 2.94. The third kappa shape index (κ3) is 2.03. The summed E-state index contributed by atoms with van der Waals surface area (Å²) in [4.78, 5) is 2.37. The number of nitrogens with zero attached hydrogens (tertiary/aromatic N) is 1. The maximum absolute atomic E-state index is 5.85. The predicted octanol–water partition coefficient (Wildman–Crippen LogP) is 0.648. The smallest absolute Gasteiger partial charge is 0.0997 e. The van der Waals surface area contributed by atoms with Gasteiger partial charge in [0.1, 0.15) is 0 Å². The van der Waals surface area contributed by atoms with E-state index < -0.39 is 0 Å². The van der Waals surface area contributed by atoms with Gasteiger partial charge in [0.25, 0.3) is 0 Å². The van der Waals surface area contributed by atoms with E-state index in [-0.39, 0.29) is 5.60 Å². The molecule has 2 aliphatic rings. The zero-order valence-electron chi connectivity index (χ0n) is 8.79. The van der Waals surface area contributed by atoms with E-state index in [2.05, 4.69) is 25.7 Å². The van der Waals surface area contributed by atoms with E-state index in [1.165, 1.54) is 0 Å². The van der Waals surface area contributed by atoms with Crippen LogP contribution in [0.1, 0.15) is 20.8 Å². The summed E-state index contributed by atoms with van der Waals surface area (Å²) in [5.74, 6) is 1.53. The van der Waals surface area contributed by atoms with Crippen LogP contribution < -0.4 is 5.73 Å². The highest BCUT2D eigenvalue weighted by Crippen LogP contribution is 2.43. The molecule has 0 bridgehead atoms. The van der Waals surface area contributed by atoms with Crippen molar-refractivity contribution in [1.82, 2.24) is 4.90 Å². The van der Waals surface area contributed by atoms with E-state index in [1.807, 2.05) is 0 Å². The highest BCUT2D eigenvalue weighted by Gasteiger charge is 2.53. The van der Waals surface area contributed by atoms with Crippen LogP contribution in [-0.2, 0) is 4.74 Å². The van der Waals surface area contributed by atoms with Gasteiger partial charge >= 0.3 is 0 Å². The first-order valence-electron chi connectivity index (χ1n) is 5.09. The van der Waals surface area contributed by atoms with E-state index in [1.54, 1.807) is 0 Å². The van der Waals surface area contributed by atoms with Gasteiger partial charge in [0.15, 0.2) is 0 Å². The summed E-state index contributed by atoms with van der Waals surface area (Å²) in [6.07, 6.45) is 0. The fraction of sp³-hybridized carbons (Fsp3) is 1.00. The summed E-state index contributed by atoms with van der Waals surface area (Å²) < 4.78 is 5.70. The number of likely N-dealkylation sites (tertiary alicyclic amines) is 1. The molecule has 0 aromatic rings. The van der Waals surface area contributed by atoms with Gasteiger partial charge in [-0.3, -0.25) is 4.90 Å². The standard InChI is InChI=1S/C10H20N2O/c1-10(2,3)13-6-12-4-7-8(5-12)9(7)11/h7-9H,4-6,11H2,1-3H3/t7-,8+,9+. The van der Waals surface area contributed by atoms with Crippen molar-refractivity contribution in [2.75, 3.05) is 19.8 Å². The lowest BCUT2D eigenvalue weighted by Gasteiger charge is -2.25. The molecule has 0 radical (unpaired) electrons. The average molecular weight is 184 g/mol. The maximum Gasteiger partial charge on any atom is 0.0997 e. The summed E-state index contributed by atoms with van der Waals surface area (Å²) in [6, 6.07) is 0.492. The van der Waals surface area contributed by atoms with E-state index in [0.717, 1.165) is 31.7 Å². The summed E-state index contributed by atoms with van der Waals surface area (Å²) in [7, 11) is 0. The molecule has 1 aliphatic carbocycles. The van der Waals surface area contributed by atoms with E-state index >= 15 is 0 Å². The summed E-state index contributed by atoms with van der Waals surface area (Å²) in [5.41, 5.74) is 5.83. The molecule has 13 heavy (non-hydrogen) atoms. The van der Waals surface area contributed by atoms with Gasteiger partial charge in [0, 0.05) is 19.1 Å². The summed E-state index contributed by atoms with van der Waals surface area (Å²) in [6.45, 7) is 9.33. The number of piperidine rings is 1. The van der Waals surface area contributed by atoms with Crippen molar-refractivity contribution >= 4 is 0 Å². The minimum atomic E-state index is -0.0190. The fourth-order valence-corrected chi connectivity index (χ4v) is 2.05. The van der Waals surface area contributed by atoms with Gasteiger partial charge in [-0.25, -0.2) is 0 Å². The number of nitrogens with two attached hydrogens (primary N) is 1. The molecule has 1 saturated carbocycles. The zero-order chi connectivity index (χ0) is 9.64. The number of hydrogen-bond donors (Lipinski definition) is 1. The zero-order valence-corrected chi connectivity index (χ0v) is 8.79. The molecular formula is C10H20N2O. The number of ether oxygens (including phenoxy) is 1. The summed E-state index contributed by atoms with van der Waals surface area (Å²) in [5, 5.41) is 0. The SMILES string of the molecule is CC(C)(C)OCN1C[C@@H]2[C@@H](N)[C@@H]2C1. The van der Waals surface area contributed by atoms with Crippen LogP contribution in [0.4, 0.5) is 0 Å². The molecular weight excluding hydrogens is 164 g/mol. The Labute approximate surface area is 80.2 Å². The van der Waals surface area contributed by atoms with Gasteiger partial charge in [-0.05, 0) is 32.6 Å². The number of fused-ring (bicyclic) bond motifs is 1. The van der Waals surface area contributed by atoms with Crippen LogP contribution in [0.5, 0.6) is 0 Å². The van der Waals surface area contributed by atoms with E-state index in [0.29, 0.717) is 6.04 Å². The lowest BCUT2D eigenvalue weighted by molar-refractivity contribution is -0.0600. The Bertz CT molecular complexity index is 188. The molecule has 0 unspecified atom stereocenters. The molecule has 0 amide bonds. The molecule has 3 heteroatoms. The van der Waals surface area contributed by atoms with Crippen molar-refractivity contribution in [3.63, 3.8) is 0 Å². The predicted molar refractivity (Wildman–Crippen MR) is 52.2 cm³/mol. The second-order valence-electron chi connectivity index (χ2n) is 5.33. The molecule has 2 fully saturated rings. The molecule has 0 aromatic heterocycles. The van der Waals surface area contributed by atoms with Crippen molar-refractivity contribution in [2.24, 2.45) is 17.6 Å². The van der Waals surface area contributed by atoms with Crippen LogP contribution in [0.15, 0.2) is 0 Å². The van der Waals surface area contributed by atoms with Crippen molar-refractivity contribution in [2.45, 2.75) is 32.4 Å². The minimum Gasteiger partial charge on any atom is -0.360 e. The molecule has 1 heterocycles. The first kappa shape index (κ1) is 9.44. The Kier molecular flexibility index (Phi) is 2.13. The maximum atomic E-state index is 5.85. The van der Waals surface area contributed by atoms with Crippen LogP contribution in [0.25, 0.3) is 0 Å². The summed E-state index contributed by atoms with van der Waals surface area (Å²) >= 11 is 0. The molecule has 2 N–H and O–H groups in total. The van der Waals surface area contributed by atoms with Gasteiger partial charge in [-0.15, -0.1) is 0 Å². The number of rotatable bonds is 2. The molecule has 0 aromatic carbocycles. The normalized spacial score (nSPS) is 39.2. The Balaban J connectivity index is 1.69. The van der Waals surface area contributed by atoms with Crippen LogP contribution in [0, 0.1) is 11.8 Å². The van der Waals surface area contributed by atoms with Crippen LogP contribution in [0.3, 0.4) is 0 Å². The topological polar surface area (TPSA) is 38.5 Å². The quantitative estimate of drug-likeness (QED) is 0.684. The third-order valence-corrected chi connectivity index (χ3v) is 3.02. The Morgan fingerprint density at radius 2 is 1.85 bits per heavy atom.